The number of carbonyl (C=O) groups is 1. The minimum absolute atomic E-state index is 0.0214. The fraction of sp³-hybridized carbons (Fsp3) is 0.312. The van der Waals surface area contributed by atoms with Gasteiger partial charge in [-0.15, -0.1) is 0 Å². The summed E-state index contributed by atoms with van der Waals surface area (Å²) < 4.78 is 32.1. The van der Waals surface area contributed by atoms with Crippen molar-refractivity contribution in [3.8, 4) is 5.75 Å². The summed E-state index contributed by atoms with van der Waals surface area (Å²) in [5, 5.41) is 0.787. The van der Waals surface area contributed by atoms with Crippen LogP contribution in [0, 0.1) is 0 Å². The van der Waals surface area contributed by atoms with Gasteiger partial charge in [0.25, 0.3) is 5.91 Å². The Labute approximate surface area is 236 Å². The second kappa shape index (κ2) is 12.6. The van der Waals surface area contributed by atoms with Gasteiger partial charge in [-0.05, 0) is 60.4 Å². The number of fused-ring (bicyclic) bond motifs is 1. The SMILES string of the molecule is CCCOc1ccc(CN2CCCN(C(=O)c3ccc(CS(=O)(=O)c4cccc5cccnc45)cc3)CC2)cc1. The second-order valence-corrected chi connectivity index (χ2v) is 12.2. The van der Waals surface area contributed by atoms with Crippen LogP contribution in [0.4, 0.5) is 0 Å². The van der Waals surface area contributed by atoms with E-state index >= 15 is 0 Å². The van der Waals surface area contributed by atoms with Gasteiger partial charge < -0.3 is 9.64 Å². The lowest BCUT2D eigenvalue weighted by Gasteiger charge is -2.22. The number of aromatic nitrogens is 1. The summed E-state index contributed by atoms with van der Waals surface area (Å²) >= 11 is 0. The molecule has 1 aliphatic rings. The zero-order chi connectivity index (χ0) is 28.0. The summed E-state index contributed by atoms with van der Waals surface area (Å²) in [7, 11) is -3.61. The van der Waals surface area contributed by atoms with Crippen LogP contribution in [0.3, 0.4) is 0 Å². The van der Waals surface area contributed by atoms with Crippen molar-refractivity contribution in [3.05, 3.63) is 102 Å². The number of amides is 1. The first-order valence-corrected chi connectivity index (χ1v) is 15.5. The highest BCUT2D eigenvalue weighted by Crippen LogP contribution is 2.24. The zero-order valence-electron chi connectivity index (χ0n) is 22.8. The molecule has 0 saturated carbocycles. The number of benzene rings is 3. The third-order valence-electron chi connectivity index (χ3n) is 7.17. The van der Waals surface area contributed by atoms with Gasteiger partial charge in [-0.3, -0.25) is 14.7 Å². The third-order valence-corrected chi connectivity index (χ3v) is 8.88. The minimum Gasteiger partial charge on any atom is -0.494 e. The van der Waals surface area contributed by atoms with E-state index in [0.717, 1.165) is 50.2 Å². The molecule has 8 heteroatoms. The average Bonchev–Trinajstić information content (AvgIpc) is 3.22. The molecule has 1 aliphatic heterocycles. The minimum atomic E-state index is -3.61. The van der Waals surface area contributed by atoms with E-state index in [4.69, 9.17) is 4.74 Å². The molecular formula is C32H35N3O4S. The van der Waals surface area contributed by atoms with Crippen molar-refractivity contribution in [2.45, 2.75) is 37.0 Å². The lowest BCUT2D eigenvalue weighted by Crippen LogP contribution is -2.35. The molecule has 5 rings (SSSR count). The molecule has 1 saturated heterocycles. The first-order chi connectivity index (χ1) is 19.4. The summed E-state index contributed by atoms with van der Waals surface area (Å²) in [6, 6.07) is 24.0. The molecule has 208 valence electrons. The van der Waals surface area contributed by atoms with E-state index < -0.39 is 9.84 Å². The number of para-hydroxylation sites is 1. The quantitative estimate of drug-likeness (QED) is 0.276. The molecule has 0 N–H and O–H groups in total. The van der Waals surface area contributed by atoms with Gasteiger partial charge in [0.2, 0.25) is 0 Å². The van der Waals surface area contributed by atoms with Crippen LogP contribution in [0.2, 0.25) is 0 Å². The average molecular weight is 558 g/mol. The Morgan fingerprint density at radius 3 is 2.40 bits per heavy atom. The second-order valence-electron chi connectivity index (χ2n) is 10.2. The van der Waals surface area contributed by atoms with Crippen LogP contribution in [0.25, 0.3) is 10.9 Å². The van der Waals surface area contributed by atoms with Gasteiger partial charge in [-0.25, -0.2) is 8.42 Å². The standard InChI is InChI=1S/C32H35N3O4S/c1-2-22-39-29-15-11-25(12-16-29)23-34-18-5-19-35(21-20-34)32(36)28-13-9-26(10-14-28)24-40(37,38)30-8-3-6-27-7-4-17-33-31(27)30/h3-4,6-17H,2,5,18-24H2,1H3. The molecule has 40 heavy (non-hydrogen) atoms. The van der Waals surface area contributed by atoms with Gasteiger partial charge in [0, 0.05) is 49.9 Å². The van der Waals surface area contributed by atoms with Crippen LogP contribution in [0.5, 0.6) is 5.75 Å². The molecule has 0 atom stereocenters. The third kappa shape index (κ3) is 6.69. The van der Waals surface area contributed by atoms with Gasteiger partial charge >= 0.3 is 0 Å². The molecule has 0 spiro atoms. The van der Waals surface area contributed by atoms with E-state index in [1.807, 2.05) is 29.2 Å². The molecule has 0 unspecified atom stereocenters. The Morgan fingerprint density at radius 1 is 0.875 bits per heavy atom. The number of rotatable bonds is 9. The van der Waals surface area contributed by atoms with Crippen LogP contribution in [0.1, 0.15) is 41.3 Å². The molecule has 3 aromatic carbocycles. The van der Waals surface area contributed by atoms with Gasteiger partial charge in [0.1, 0.15) is 5.75 Å². The van der Waals surface area contributed by atoms with E-state index in [1.54, 1.807) is 48.7 Å². The highest BCUT2D eigenvalue weighted by Gasteiger charge is 2.22. The molecule has 4 aromatic rings. The monoisotopic (exact) mass is 557 g/mol. The Morgan fingerprint density at radius 2 is 1.62 bits per heavy atom. The first-order valence-electron chi connectivity index (χ1n) is 13.8. The molecule has 1 fully saturated rings. The summed E-state index contributed by atoms with van der Waals surface area (Å²) in [6.45, 7) is 6.73. The summed E-state index contributed by atoms with van der Waals surface area (Å²) in [6.07, 6.45) is 3.49. The Hall–Kier alpha value is -3.75. The van der Waals surface area contributed by atoms with Crippen molar-refractivity contribution in [2.24, 2.45) is 0 Å². The summed E-state index contributed by atoms with van der Waals surface area (Å²) in [5.74, 6) is 0.723. The van der Waals surface area contributed by atoms with Gasteiger partial charge in [-0.1, -0.05) is 49.4 Å². The van der Waals surface area contributed by atoms with Crippen molar-refractivity contribution < 1.29 is 17.9 Å². The van der Waals surface area contributed by atoms with Gasteiger partial charge in [-0.2, -0.15) is 0 Å². The van der Waals surface area contributed by atoms with Crippen LogP contribution in [-0.2, 0) is 22.1 Å². The van der Waals surface area contributed by atoms with Crippen molar-refractivity contribution in [3.63, 3.8) is 0 Å². The van der Waals surface area contributed by atoms with E-state index in [0.29, 0.717) is 29.7 Å². The Kier molecular flexibility index (Phi) is 8.77. The fourth-order valence-electron chi connectivity index (χ4n) is 5.05. The highest BCUT2D eigenvalue weighted by atomic mass is 32.2. The Balaban J connectivity index is 1.18. The first kappa shape index (κ1) is 27.8. The van der Waals surface area contributed by atoms with Crippen LogP contribution in [0.15, 0.2) is 90.0 Å². The van der Waals surface area contributed by atoms with Gasteiger partial charge in [0.05, 0.1) is 22.8 Å². The Bertz CT molecular complexity index is 1550. The number of ether oxygens (including phenoxy) is 1. The van der Waals surface area contributed by atoms with Crippen molar-refractivity contribution in [1.29, 1.82) is 0 Å². The fourth-order valence-corrected chi connectivity index (χ4v) is 6.59. The van der Waals surface area contributed by atoms with E-state index in [9.17, 15) is 13.2 Å². The summed E-state index contributed by atoms with van der Waals surface area (Å²) in [4.78, 5) is 22.1. The lowest BCUT2D eigenvalue weighted by atomic mass is 10.1. The number of pyridine rings is 1. The van der Waals surface area contributed by atoms with Crippen molar-refractivity contribution >= 4 is 26.6 Å². The molecule has 1 aromatic heterocycles. The van der Waals surface area contributed by atoms with Crippen LogP contribution >= 0.6 is 0 Å². The van der Waals surface area contributed by atoms with Crippen LogP contribution < -0.4 is 4.74 Å². The normalized spacial score (nSPS) is 14.7. The number of sulfone groups is 1. The van der Waals surface area contributed by atoms with Gasteiger partial charge in [0.15, 0.2) is 9.84 Å². The number of carbonyl (C=O) groups excluding carboxylic acids is 1. The highest BCUT2D eigenvalue weighted by molar-refractivity contribution is 7.90. The molecular weight excluding hydrogens is 522 g/mol. The van der Waals surface area contributed by atoms with E-state index in [2.05, 4.69) is 28.9 Å². The molecule has 0 bridgehead atoms. The summed E-state index contributed by atoms with van der Waals surface area (Å²) in [5.41, 5.74) is 2.92. The maximum absolute atomic E-state index is 13.3. The number of nitrogens with zero attached hydrogens (tertiary/aromatic N) is 3. The van der Waals surface area contributed by atoms with E-state index in [1.165, 1.54) is 5.56 Å². The van der Waals surface area contributed by atoms with E-state index in [-0.39, 0.29) is 16.6 Å². The smallest absolute Gasteiger partial charge is 0.253 e. The predicted octanol–water partition coefficient (Wildman–Crippen LogP) is 5.35. The van der Waals surface area contributed by atoms with Crippen molar-refractivity contribution in [1.82, 2.24) is 14.8 Å². The number of hydrogen-bond acceptors (Lipinski definition) is 6. The molecule has 7 nitrogen and oxygen atoms in total. The largest absolute Gasteiger partial charge is 0.494 e. The topological polar surface area (TPSA) is 79.8 Å². The maximum Gasteiger partial charge on any atom is 0.253 e. The maximum atomic E-state index is 13.3. The van der Waals surface area contributed by atoms with Crippen LogP contribution in [-0.4, -0.2) is 61.9 Å². The van der Waals surface area contributed by atoms with Crippen molar-refractivity contribution in [2.75, 3.05) is 32.8 Å². The molecule has 0 aliphatic carbocycles. The lowest BCUT2D eigenvalue weighted by molar-refractivity contribution is 0.0761. The molecule has 1 amide bonds. The molecule has 2 heterocycles. The zero-order valence-corrected chi connectivity index (χ0v) is 23.6. The number of hydrogen-bond donors (Lipinski definition) is 0. The predicted molar refractivity (Wildman–Crippen MR) is 157 cm³/mol. The molecule has 0 radical (unpaired) electrons.